The summed E-state index contributed by atoms with van der Waals surface area (Å²) in [5.74, 6) is 1.61. The molecule has 264 valence electrons. The SMILES string of the molecule is CC(C)c1[nH]nc(O[C@@H]2O[C@H](CO)[C@@H](O)[C@H](O)[C@H]2O)c1Cc1ccc(OCCCCC(=O)CC(C)(C)CO)cc1OC1CCOCC1. The Bertz CT molecular complexity index is 1270. The molecule has 1 aromatic heterocycles. The van der Waals surface area contributed by atoms with Gasteiger partial charge in [-0.1, -0.05) is 33.8 Å². The first-order valence-corrected chi connectivity index (χ1v) is 16.6. The second-order valence-corrected chi connectivity index (χ2v) is 13.6. The first-order chi connectivity index (χ1) is 22.4. The minimum Gasteiger partial charge on any atom is -0.493 e. The number of rotatable bonds is 17. The van der Waals surface area contributed by atoms with Crippen molar-refractivity contribution >= 4 is 5.78 Å². The fourth-order valence-corrected chi connectivity index (χ4v) is 5.72. The van der Waals surface area contributed by atoms with Crippen molar-refractivity contribution in [1.29, 1.82) is 0 Å². The van der Waals surface area contributed by atoms with Crippen molar-refractivity contribution in [2.75, 3.05) is 33.0 Å². The standard InChI is InChI=1S/C34H52N2O11/c1-20(2)28-25(32(36-35-28)47-33-31(42)30(41)29(40)27(18-37)46-33)15-21-8-9-24(16-26(21)45-23-10-13-43-14-11-23)44-12-6-5-7-22(39)17-34(3,4)19-38/h8-9,16,20,23,27,29-31,33,37-38,40-42H,5-7,10-15,17-19H2,1-4H3,(H,35,36)/t27-,29-,30+,31-,33+/m1/s1. The van der Waals surface area contributed by atoms with Gasteiger partial charge in [0.1, 0.15) is 47.8 Å². The second-order valence-electron chi connectivity index (χ2n) is 13.6. The van der Waals surface area contributed by atoms with Crippen LogP contribution in [0.4, 0.5) is 0 Å². The number of hydrogen-bond donors (Lipinski definition) is 6. The predicted molar refractivity (Wildman–Crippen MR) is 171 cm³/mol. The van der Waals surface area contributed by atoms with E-state index in [2.05, 4.69) is 10.2 Å². The smallest absolute Gasteiger partial charge is 0.238 e. The Morgan fingerprint density at radius 2 is 1.81 bits per heavy atom. The van der Waals surface area contributed by atoms with E-state index < -0.39 is 42.7 Å². The molecule has 2 saturated heterocycles. The number of carbonyl (C=O) groups is 1. The van der Waals surface area contributed by atoms with Crippen LogP contribution in [0.5, 0.6) is 17.4 Å². The number of ether oxygens (including phenoxy) is 5. The third kappa shape index (κ3) is 10.1. The molecule has 0 saturated carbocycles. The van der Waals surface area contributed by atoms with Gasteiger partial charge < -0.3 is 49.2 Å². The molecule has 3 heterocycles. The number of benzene rings is 1. The zero-order valence-corrected chi connectivity index (χ0v) is 27.9. The van der Waals surface area contributed by atoms with Gasteiger partial charge in [-0.2, -0.15) is 0 Å². The summed E-state index contributed by atoms with van der Waals surface area (Å²) >= 11 is 0. The van der Waals surface area contributed by atoms with Gasteiger partial charge in [0.15, 0.2) is 0 Å². The van der Waals surface area contributed by atoms with Crippen LogP contribution in [0.3, 0.4) is 0 Å². The summed E-state index contributed by atoms with van der Waals surface area (Å²) in [5, 5.41) is 57.4. The first-order valence-electron chi connectivity index (χ1n) is 16.6. The number of H-pyrrole nitrogens is 1. The molecule has 2 aliphatic rings. The number of aromatic amines is 1. The van der Waals surface area contributed by atoms with Crippen LogP contribution in [0.1, 0.15) is 89.0 Å². The monoisotopic (exact) mass is 664 g/mol. The third-order valence-corrected chi connectivity index (χ3v) is 8.61. The molecule has 2 aromatic rings. The highest BCUT2D eigenvalue weighted by Crippen LogP contribution is 2.35. The molecule has 1 aromatic carbocycles. The molecule has 4 rings (SSSR count). The van der Waals surface area contributed by atoms with Crippen LogP contribution < -0.4 is 14.2 Å². The van der Waals surface area contributed by atoms with Crippen molar-refractivity contribution in [1.82, 2.24) is 10.2 Å². The summed E-state index contributed by atoms with van der Waals surface area (Å²) in [6, 6.07) is 5.67. The first kappa shape index (κ1) is 37.0. The number of nitrogens with zero attached hydrogens (tertiary/aromatic N) is 1. The molecule has 13 nitrogen and oxygen atoms in total. The minimum atomic E-state index is -1.58. The van der Waals surface area contributed by atoms with E-state index >= 15 is 0 Å². The maximum absolute atomic E-state index is 12.3. The van der Waals surface area contributed by atoms with Gasteiger partial charge in [0.2, 0.25) is 12.2 Å². The van der Waals surface area contributed by atoms with E-state index in [1.807, 2.05) is 45.9 Å². The summed E-state index contributed by atoms with van der Waals surface area (Å²) in [7, 11) is 0. The van der Waals surface area contributed by atoms with Crippen LogP contribution in [0, 0.1) is 5.41 Å². The zero-order valence-electron chi connectivity index (χ0n) is 27.9. The van der Waals surface area contributed by atoms with Gasteiger partial charge in [-0.15, -0.1) is 5.10 Å². The van der Waals surface area contributed by atoms with Crippen molar-refractivity contribution in [3.8, 4) is 17.4 Å². The highest BCUT2D eigenvalue weighted by molar-refractivity contribution is 5.79. The molecule has 2 fully saturated rings. The summed E-state index contributed by atoms with van der Waals surface area (Å²) in [6.45, 7) is 8.83. The van der Waals surface area contributed by atoms with Gasteiger partial charge >= 0.3 is 0 Å². The van der Waals surface area contributed by atoms with Gasteiger partial charge in [0.05, 0.1) is 26.4 Å². The number of aliphatic hydroxyl groups excluding tert-OH is 5. The zero-order chi connectivity index (χ0) is 34.1. The minimum absolute atomic E-state index is 0.0257. The Morgan fingerprint density at radius 3 is 2.49 bits per heavy atom. The third-order valence-electron chi connectivity index (χ3n) is 8.61. The molecule has 0 radical (unpaired) electrons. The van der Waals surface area contributed by atoms with Crippen LogP contribution >= 0.6 is 0 Å². The summed E-state index contributed by atoms with van der Waals surface area (Å²) < 4.78 is 29.6. The van der Waals surface area contributed by atoms with E-state index in [4.69, 9.17) is 23.7 Å². The molecule has 0 amide bonds. The molecule has 47 heavy (non-hydrogen) atoms. The van der Waals surface area contributed by atoms with Crippen molar-refractivity contribution in [3.05, 3.63) is 35.0 Å². The molecule has 6 N–H and O–H groups in total. The fraction of sp³-hybridized carbons (Fsp3) is 0.706. The molecular weight excluding hydrogens is 612 g/mol. The van der Waals surface area contributed by atoms with Crippen molar-refractivity contribution in [3.63, 3.8) is 0 Å². The highest BCUT2D eigenvalue weighted by Gasteiger charge is 2.45. The summed E-state index contributed by atoms with van der Waals surface area (Å²) in [6.07, 6.45) is -3.14. The molecule has 0 aliphatic carbocycles. The highest BCUT2D eigenvalue weighted by atomic mass is 16.7. The topological polar surface area (TPSA) is 193 Å². The number of hydrogen-bond acceptors (Lipinski definition) is 12. The average Bonchev–Trinajstić information content (AvgIpc) is 3.44. The Kier molecular flexibility index (Phi) is 13.4. The van der Waals surface area contributed by atoms with Crippen LogP contribution in [0.25, 0.3) is 0 Å². The van der Waals surface area contributed by atoms with Gasteiger partial charge in [0.25, 0.3) is 0 Å². The summed E-state index contributed by atoms with van der Waals surface area (Å²) in [4.78, 5) is 12.3. The Morgan fingerprint density at radius 1 is 1.06 bits per heavy atom. The van der Waals surface area contributed by atoms with Gasteiger partial charge in [-0.3, -0.25) is 9.89 Å². The normalized spacial score (nSPS) is 24.0. The van der Waals surface area contributed by atoms with Gasteiger partial charge in [-0.05, 0) is 35.8 Å². The number of Topliss-reactive ketones (excluding diaryl/α,β-unsaturated/α-hetero) is 1. The van der Waals surface area contributed by atoms with Crippen LogP contribution in [0.15, 0.2) is 18.2 Å². The van der Waals surface area contributed by atoms with E-state index in [-0.39, 0.29) is 30.3 Å². The number of unbranched alkanes of at least 4 members (excludes halogenated alkanes) is 1. The molecular formula is C34H52N2O11. The lowest BCUT2D eigenvalue weighted by molar-refractivity contribution is -0.278. The molecule has 0 spiro atoms. The van der Waals surface area contributed by atoms with Crippen molar-refractivity contribution < 1.29 is 54.0 Å². The van der Waals surface area contributed by atoms with E-state index in [1.54, 1.807) is 0 Å². The number of ketones is 1. The van der Waals surface area contributed by atoms with Crippen LogP contribution in [-0.2, 0) is 20.7 Å². The Balaban J connectivity index is 1.49. The predicted octanol–water partition coefficient (Wildman–Crippen LogP) is 2.39. The van der Waals surface area contributed by atoms with Crippen molar-refractivity contribution in [2.24, 2.45) is 5.41 Å². The number of aliphatic hydroxyl groups is 5. The second kappa shape index (κ2) is 17.0. The Labute approximate surface area is 276 Å². The van der Waals surface area contributed by atoms with Crippen LogP contribution in [0.2, 0.25) is 0 Å². The van der Waals surface area contributed by atoms with E-state index in [0.29, 0.717) is 69.0 Å². The van der Waals surface area contributed by atoms with Crippen molar-refractivity contribution in [2.45, 2.75) is 115 Å². The number of nitrogens with one attached hydrogen (secondary N) is 1. The van der Waals surface area contributed by atoms with Crippen LogP contribution in [-0.4, -0.2) is 111 Å². The van der Waals surface area contributed by atoms with E-state index in [9.17, 15) is 30.3 Å². The average molecular weight is 665 g/mol. The summed E-state index contributed by atoms with van der Waals surface area (Å²) in [5.41, 5.74) is 1.95. The molecule has 0 unspecified atom stereocenters. The quantitative estimate of drug-likeness (QED) is 0.136. The maximum Gasteiger partial charge on any atom is 0.238 e. The molecule has 0 bridgehead atoms. The lowest BCUT2D eigenvalue weighted by atomic mass is 9.87. The molecule has 5 atom stereocenters. The van der Waals surface area contributed by atoms with Gasteiger partial charge in [-0.25, -0.2) is 0 Å². The van der Waals surface area contributed by atoms with E-state index in [0.717, 1.165) is 24.1 Å². The number of carbonyl (C=O) groups excluding carboxylic acids is 1. The van der Waals surface area contributed by atoms with Gasteiger partial charge in [0, 0.05) is 56.0 Å². The Hall–Kier alpha value is -2.78. The van der Waals surface area contributed by atoms with E-state index in [1.165, 1.54) is 0 Å². The lowest BCUT2D eigenvalue weighted by Gasteiger charge is -2.39. The lowest BCUT2D eigenvalue weighted by Crippen LogP contribution is -2.60. The fourth-order valence-electron chi connectivity index (χ4n) is 5.72. The molecule has 13 heteroatoms. The number of aromatic nitrogens is 2. The maximum atomic E-state index is 12.3. The molecule has 2 aliphatic heterocycles. The largest absolute Gasteiger partial charge is 0.493 e.